The number of carbonyl (C=O) groups excluding carboxylic acids is 1. The third kappa shape index (κ3) is 3.31. The Morgan fingerprint density at radius 3 is 2.71 bits per heavy atom. The van der Waals surface area contributed by atoms with Crippen molar-refractivity contribution in [2.24, 2.45) is 0 Å². The molecule has 1 aromatic carbocycles. The molecule has 0 bridgehead atoms. The van der Waals surface area contributed by atoms with Gasteiger partial charge in [-0.2, -0.15) is 0 Å². The van der Waals surface area contributed by atoms with E-state index in [2.05, 4.69) is 21.2 Å². The zero-order chi connectivity index (χ0) is 10.8. The molecule has 0 aliphatic rings. The smallest absolute Gasteiger partial charge is 0.256 e. The summed E-state index contributed by atoms with van der Waals surface area (Å²) in [5.74, 6) is -0.273. The second-order valence-corrected chi connectivity index (χ2v) is 6.01. The minimum Gasteiger partial charge on any atom is -0.324 e. The van der Waals surface area contributed by atoms with E-state index in [0.29, 0.717) is 0 Å². The maximum absolute atomic E-state index is 11.5. The first-order valence-electron chi connectivity index (χ1n) is 4.15. The molecule has 0 aliphatic carbocycles. The van der Waals surface area contributed by atoms with E-state index < -0.39 is 3.78 Å². The molecule has 1 atom stereocenters. The molecule has 0 saturated heterocycles. The summed E-state index contributed by atoms with van der Waals surface area (Å²) in [7, 11) is 0. The summed E-state index contributed by atoms with van der Waals surface area (Å²) in [5, 5.41) is 2.70. The number of carbonyl (C=O) groups is 1. The molecule has 0 saturated carbocycles. The van der Waals surface area contributed by atoms with Crippen LogP contribution in [0.5, 0.6) is 0 Å². The van der Waals surface area contributed by atoms with Crippen molar-refractivity contribution in [1.29, 1.82) is 0 Å². The highest BCUT2D eigenvalue weighted by Crippen LogP contribution is 2.24. The molecule has 0 aromatic heterocycles. The Morgan fingerprint density at radius 1 is 1.57 bits per heavy atom. The predicted molar refractivity (Wildman–Crippen MR) is 63.0 cm³/mol. The molecule has 1 amide bonds. The lowest BCUT2D eigenvalue weighted by molar-refractivity contribution is -0.116. The first kappa shape index (κ1) is 11.5. The summed E-state index contributed by atoms with van der Waals surface area (Å²) >= 11 is 8.85. The molecule has 1 unspecified atom stereocenters. The van der Waals surface area contributed by atoms with Crippen molar-refractivity contribution in [2.45, 2.75) is 17.6 Å². The summed E-state index contributed by atoms with van der Waals surface area (Å²) in [6.45, 7) is 3.55. The summed E-state index contributed by atoms with van der Waals surface area (Å²) in [5.41, 5.74) is 1.84. The van der Waals surface area contributed by atoms with E-state index in [9.17, 15) is 4.79 Å². The van der Waals surface area contributed by atoms with Gasteiger partial charge in [-0.05, 0) is 31.5 Å². The van der Waals surface area contributed by atoms with E-state index in [1.54, 1.807) is 6.92 Å². The van der Waals surface area contributed by atoms with Gasteiger partial charge in [0.2, 0.25) is 0 Å². The Morgan fingerprint density at radius 2 is 2.21 bits per heavy atom. The molecule has 0 spiro atoms. The number of alkyl halides is 2. The summed E-state index contributed by atoms with van der Waals surface area (Å²) < 4.78 is -1.06. The monoisotopic (exact) mass is 275 g/mol. The average Bonchev–Trinajstić information content (AvgIpc) is 2.02. The minimum absolute atomic E-state index is 0.273. The molecule has 4 heteroatoms. The van der Waals surface area contributed by atoms with Crippen molar-refractivity contribution in [3.05, 3.63) is 29.8 Å². The van der Waals surface area contributed by atoms with Gasteiger partial charge in [-0.15, -0.1) is 0 Å². The molecule has 0 heterocycles. The van der Waals surface area contributed by atoms with Crippen LogP contribution in [-0.4, -0.2) is 9.69 Å². The molecule has 1 aromatic rings. The normalized spacial score (nSPS) is 14.6. The Labute approximate surface area is 96.8 Å². The van der Waals surface area contributed by atoms with Gasteiger partial charge in [-0.3, -0.25) is 4.79 Å². The lowest BCUT2D eigenvalue weighted by Crippen LogP contribution is -2.28. The molecule has 1 N–H and O–H groups in total. The average molecular weight is 277 g/mol. The van der Waals surface area contributed by atoms with Crippen LogP contribution in [0.4, 0.5) is 5.69 Å². The van der Waals surface area contributed by atoms with Gasteiger partial charge in [0.05, 0.1) is 0 Å². The molecule has 76 valence electrons. The van der Waals surface area contributed by atoms with E-state index >= 15 is 0 Å². The molecule has 2 nitrogen and oxygen atoms in total. The SMILES string of the molecule is Cc1cccc(NC(=O)C(C)(Cl)Br)c1. The van der Waals surface area contributed by atoms with E-state index in [1.807, 2.05) is 31.2 Å². The Balaban J connectivity index is 2.75. The Bertz CT molecular complexity index is 346. The van der Waals surface area contributed by atoms with Crippen LogP contribution in [0.2, 0.25) is 0 Å². The molecule has 0 radical (unpaired) electrons. The highest BCUT2D eigenvalue weighted by molar-refractivity contribution is 9.10. The van der Waals surface area contributed by atoms with Gasteiger partial charge in [-0.25, -0.2) is 0 Å². The largest absolute Gasteiger partial charge is 0.324 e. The van der Waals surface area contributed by atoms with E-state index in [-0.39, 0.29) is 5.91 Å². The number of hydrogen-bond donors (Lipinski definition) is 1. The highest BCUT2D eigenvalue weighted by Gasteiger charge is 2.26. The lowest BCUT2D eigenvalue weighted by atomic mass is 10.2. The van der Waals surface area contributed by atoms with E-state index in [4.69, 9.17) is 11.6 Å². The predicted octanol–water partition coefficient (Wildman–Crippen LogP) is 3.28. The van der Waals surface area contributed by atoms with Crippen LogP contribution < -0.4 is 5.32 Å². The van der Waals surface area contributed by atoms with Crippen molar-refractivity contribution < 1.29 is 4.79 Å². The molecule has 0 aliphatic heterocycles. The van der Waals surface area contributed by atoms with Gasteiger partial charge < -0.3 is 5.32 Å². The first-order valence-corrected chi connectivity index (χ1v) is 5.32. The molecule has 1 rings (SSSR count). The van der Waals surface area contributed by atoms with Crippen LogP contribution in [0, 0.1) is 6.92 Å². The third-order valence-corrected chi connectivity index (χ3v) is 2.21. The topological polar surface area (TPSA) is 29.1 Å². The summed E-state index contributed by atoms with van der Waals surface area (Å²) in [4.78, 5) is 11.5. The van der Waals surface area contributed by atoms with E-state index in [0.717, 1.165) is 11.3 Å². The zero-order valence-electron chi connectivity index (χ0n) is 7.97. The number of anilines is 1. The minimum atomic E-state index is -1.06. The van der Waals surface area contributed by atoms with Crippen molar-refractivity contribution in [2.75, 3.05) is 5.32 Å². The van der Waals surface area contributed by atoms with Crippen molar-refractivity contribution >= 4 is 39.1 Å². The number of halogens is 2. The van der Waals surface area contributed by atoms with Crippen molar-refractivity contribution in [3.8, 4) is 0 Å². The molecule has 14 heavy (non-hydrogen) atoms. The van der Waals surface area contributed by atoms with Crippen molar-refractivity contribution in [3.63, 3.8) is 0 Å². The van der Waals surface area contributed by atoms with Gasteiger partial charge in [0.25, 0.3) is 5.91 Å². The van der Waals surface area contributed by atoms with Gasteiger partial charge >= 0.3 is 0 Å². The second kappa shape index (κ2) is 4.32. The van der Waals surface area contributed by atoms with Crippen LogP contribution in [0.25, 0.3) is 0 Å². The number of benzene rings is 1. The van der Waals surface area contributed by atoms with Crippen LogP contribution >= 0.6 is 27.5 Å². The zero-order valence-corrected chi connectivity index (χ0v) is 10.3. The van der Waals surface area contributed by atoms with Crippen LogP contribution in [0.3, 0.4) is 0 Å². The van der Waals surface area contributed by atoms with Gasteiger partial charge in [0, 0.05) is 5.69 Å². The summed E-state index contributed by atoms with van der Waals surface area (Å²) in [6.07, 6.45) is 0. The fourth-order valence-corrected chi connectivity index (χ4v) is 1.11. The van der Waals surface area contributed by atoms with Crippen molar-refractivity contribution in [1.82, 2.24) is 0 Å². The number of aryl methyl sites for hydroxylation is 1. The van der Waals surface area contributed by atoms with Gasteiger partial charge in [0.15, 0.2) is 3.78 Å². The first-order chi connectivity index (χ1) is 6.39. The van der Waals surface area contributed by atoms with Crippen LogP contribution in [0.15, 0.2) is 24.3 Å². The maximum atomic E-state index is 11.5. The number of nitrogens with one attached hydrogen (secondary N) is 1. The molecular formula is C10H11BrClNO. The van der Waals surface area contributed by atoms with Gasteiger partial charge in [-0.1, -0.05) is 39.7 Å². The highest BCUT2D eigenvalue weighted by atomic mass is 79.9. The quantitative estimate of drug-likeness (QED) is 0.825. The maximum Gasteiger partial charge on any atom is 0.256 e. The lowest BCUT2D eigenvalue weighted by Gasteiger charge is -2.13. The Kier molecular flexibility index (Phi) is 3.56. The van der Waals surface area contributed by atoms with Gasteiger partial charge in [0.1, 0.15) is 0 Å². The van der Waals surface area contributed by atoms with E-state index in [1.165, 1.54) is 0 Å². The third-order valence-electron chi connectivity index (χ3n) is 1.67. The Hall–Kier alpha value is -0.540. The molecular weight excluding hydrogens is 265 g/mol. The number of rotatable bonds is 2. The summed E-state index contributed by atoms with van der Waals surface area (Å²) in [6, 6.07) is 7.54. The fourth-order valence-electron chi connectivity index (χ4n) is 0.964. The standard InChI is InChI=1S/C10H11BrClNO/c1-7-4-3-5-8(6-7)13-9(14)10(2,11)12/h3-6H,1-2H3,(H,13,14). The van der Waals surface area contributed by atoms with Crippen LogP contribution in [-0.2, 0) is 4.79 Å². The fraction of sp³-hybridized carbons (Fsp3) is 0.300. The van der Waals surface area contributed by atoms with Crippen LogP contribution in [0.1, 0.15) is 12.5 Å². The number of hydrogen-bond acceptors (Lipinski definition) is 1. The molecule has 0 fully saturated rings. The second-order valence-electron chi connectivity index (χ2n) is 3.21. The number of amides is 1.